The average molecular weight is 397 g/mol. The van der Waals surface area contributed by atoms with Gasteiger partial charge in [0.15, 0.2) is 23.0 Å². The normalized spacial score (nSPS) is 19.2. The Hall–Kier alpha value is -3.62. The summed E-state index contributed by atoms with van der Waals surface area (Å²) < 4.78 is 21.7. The topological polar surface area (TPSA) is 98.4 Å². The van der Waals surface area contributed by atoms with Crippen LogP contribution in [0.4, 0.5) is 16.2 Å². The van der Waals surface area contributed by atoms with E-state index in [4.69, 9.17) is 18.9 Å². The molecule has 9 heteroatoms. The zero-order valence-corrected chi connectivity index (χ0v) is 15.5. The van der Waals surface area contributed by atoms with Gasteiger partial charge in [0.05, 0.1) is 6.04 Å². The van der Waals surface area contributed by atoms with E-state index in [2.05, 4.69) is 10.6 Å². The predicted molar refractivity (Wildman–Crippen MR) is 103 cm³/mol. The van der Waals surface area contributed by atoms with Gasteiger partial charge in [-0.15, -0.1) is 0 Å². The molecule has 2 aromatic carbocycles. The van der Waals surface area contributed by atoms with Crippen LogP contribution in [0.15, 0.2) is 36.4 Å². The fraction of sp³-hybridized carbons (Fsp3) is 0.300. The van der Waals surface area contributed by atoms with E-state index in [9.17, 15) is 9.59 Å². The van der Waals surface area contributed by atoms with Crippen molar-refractivity contribution in [1.29, 1.82) is 0 Å². The van der Waals surface area contributed by atoms with Crippen LogP contribution in [0.1, 0.15) is 6.42 Å². The largest absolute Gasteiger partial charge is 0.486 e. The van der Waals surface area contributed by atoms with Crippen LogP contribution in [0.2, 0.25) is 0 Å². The Kier molecular flexibility index (Phi) is 4.27. The van der Waals surface area contributed by atoms with E-state index in [1.807, 2.05) is 6.07 Å². The SMILES string of the molecule is O=C(Nc1ccc2c(c1)OCO2)N[C@H]1CC(=O)N(c2ccc3c(c2)OCCO3)C1. The molecule has 5 rings (SSSR count). The van der Waals surface area contributed by atoms with Gasteiger partial charge in [-0.3, -0.25) is 4.79 Å². The van der Waals surface area contributed by atoms with Crippen molar-refractivity contribution in [3.05, 3.63) is 36.4 Å². The van der Waals surface area contributed by atoms with Gasteiger partial charge in [-0.1, -0.05) is 0 Å². The molecule has 1 fully saturated rings. The molecular formula is C20H19N3O6. The summed E-state index contributed by atoms with van der Waals surface area (Å²) in [5, 5.41) is 5.60. The van der Waals surface area contributed by atoms with Gasteiger partial charge in [0.1, 0.15) is 13.2 Å². The molecule has 3 heterocycles. The van der Waals surface area contributed by atoms with Crippen molar-refractivity contribution >= 4 is 23.3 Å². The van der Waals surface area contributed by atoms with Crippen LogP contribution in [-0.2, 0) is 4.79 Å². The Bertz CT molecular complexity index is 979. The molecule has 3 amide bonds. The molecule has 0 aliphatic carbocycles. The molecule has 0 saturated carbocycles. The fourth-order valence-corrected chi connectivity index (χ4v) is 3.58. The maximum Gasteiger partial charge on any atom is 0.319 e. The highest BCUT2D eigenvalue weighted by Crippen LogP contribution is 2.36. The summed E-state index contributed by atoms with van der Waals surface area (Å²) in [5.74, 6) is 2.47. The van der Waals surface area contributed by atoms with Crippen LogP contribution in [0, 0.1) is 0 Å². The molecule has 150 valence electrons. The second-order valence-corrected chi connectivity index (χ2v) is 6.90. The van der Waals surface area contributed by atoms with Gasteiger partial charge >= 0.3 is 6.03 Å². The second-order valence-electron chi connectivity index (χ2n) is 6.90. The summed E-state index contributed by atoms with van der Waals surface area (Å²) in [4.78, 5) is 26.5. The summed E-state index contributed by atoms with van der Waals surface area (Å²) in [5.41, 5.74) is 1.31. The first-order valence-corrected chi connectivity index (χ1v) is 9.33. The summed E-state index contributed by atoms with van der Waals surface area (Å²) in [6.07, 6.45) is 0.225. The Labute approximate surface area is 166 Å². The van der Waals surface area contributed by atoms with Gasteiger partial charge in [-0.25, -0.2) is 4.79 Å². The van der Waals surface area contributed by atoms with Crippen LogP contribution in [-0.4, -0.2) is 44.5 Å². The van der Waals surface area contributed by atoms with Gasteiger partial charge in [0.25, 0.3) is 0 Å². The van der Waals surface area contributed by atoms with Gasteiger partial charge in [0, 0.05) is 36.5 Å². The molecular weight excluding hydrogens is 378 g/mol. The van der Waals surface area contributed by atoms with Crippen molar-refractivity contribution in [3.8, 4) is 23.0 Å². The van der Waals surface area contributed by atoms with Crippen molar-refractivity contribution in [2.45, 2.75) is 12.5 Å². The zero-order chi connectivity index (χ0) is 19.8. The third-order valence-corrected chi connectivity index (χ3v) is 4.93. The van der Waals surface area contributed by atoms with E-state index in [0.29, 0.717) is 48.4 Å². The lowest BCUT2D eigenvalue weighted by Gasteiger charge is -2.22. The van der Waals surface area contributed by atoms with Gasteiger partial charge in [-0.05, 0) is 24.3 Å². The predicted octanol–water partition coefficient (Wildman–Crippen LogP) is 2.11. The molecule has 2 aromatic rings. The van der Waals surface area contributed by atoms with Crippen molar-refractivity contribution in [1.82, 2.24) is 5.32 Å². The average Bonchev–Trinajstić information content (AvgIpc) is 3.33. The molecule has 3 aliphatic rings. The minimum atomic E-state index is -0.384. The molecule has 1 atom stereocenters. The van der Waals surface area contributed by atoms with Gasteiger partial charge in [-0.2, -0.15) is 0 Å². The maximum absolute atomic E-state index is 12.5. The Morgan fingerprint density at radius 1 is 0.931 bits per heavy atom. The number of amides is 3. The second kappa shape index (κ2) is 7.08. The third kappa shape index (κ3) is 3.46. The van der Waals surface area contributed by atoms with E-state index in [0.717, 1.165) is 5.69 Å². The smallest absolute Gasteiger partial charge is 0.319 e. The van der Waals surface area contributed by atoms with Crippen LogP contribution in [0.3, 0.4) is 0 Å². The highest BCUT2D eigenvalue weighted by atomic mass is 16.7. The van der Waals surface area contributed by atoms with E-state index in [-0.39, 0.29) is 31.2 Å². The molecule has 3 aliphatic heterocycles. The van der Waals surface area contributed by atoms with Crippen LogP contribution in [0.25, 0.3) is 0 Å². The molecule has 29 heavy (non-hydrogen) atoms. The Balaban J connectivity index is 1.22. The molecule has 0 unspecified atom stereocenters. The molecule has 2 N–H and O–H groups in total. The molecule has 1 saturated heterocycles. The number of nitrogens with zero attached hydrogens (tertiary/aromatic N) is 1. The number of hydrogen-bond donors (Lipinski definition) is 2. The number of fused-ring (bicyclic) bond motifs is 2. The maximum atomic E-state index is 12.5. The minimum Gasteiger partial charge on any atom is -0.486 e. The number of hydrogen-bond acceptors (Lipinski definition) is 6. The van der Waals surface area contributed by atoms with E-state index < -0.39 is 0 Å². The van der Waals surface area contributed by atoms with Crippen LogP contribution < -0.4 is 34.5 Å². The number of nitrogens with one attached hydrogen (secondary N) is 2. The quantitative estimate of drug-likeness (QED) is 0.823. The number of ether oxygens (including phenoxy) is 4. The minimum absolute atomic E-state index is 0.0601. The fourth-order valence-electron chi connectivity index (χ4n) is 3.58. The van der Waals surface area contributed by atoms with E-state index >= 15 is 0 Å². The standard InChI is InChI=1S/C20H19N3O6/c24-19-8-13(10-23(19)14-2-4-15-18(9-14)27-6-5-26-15)22-20(25)21-12-1-3-16-17(7-12)29-11-28-16/h1-4,7,9,13H,5-6,8,10-11H2,(H2,21,22,25)/t13-/m0/s1. The monoisotopic (exact) mass is 397 g/mol. The van der Waals surface area contributed by atoms with Gasteiger partial charge < -0.3 is 34.5 Å². The van der Waals surface area contributed by atoms with Crippen LogP contribution in [0.5, 0.6) is 23.0 Å². The molecule has 0 bridgehead atoms. The Morgan fingerprint density at radius 2 is 1.66 bits per heavy atom. The molecule has 0 radical (unpaired) electrons. The van der Waals surface area contributed by atoms with E-state index in [1.165, 1.54) is 0 Å². The molecule has 9 nitrogen and oxygen atoms in total. The zero-order valence-electron chi connectivity index (χ0n) is 15.5. The lowest BCUT2D eigenvalue weighted by atomic mass is 10.2. The first-order chi connectivity index (χ1) is 14.2. The first kappa shape index (κ1) is 17.5. The number of rotatable bonds is 3. The highest BCUT2D eigenvalue weighted by molar-refractivity contribution is 5.98. The van der Waals surface area contributed by atoms with Crippen LogP contribution >= 0.6 is 0 Å². The first-order valence-electron chi connectivity index (χ1n) is 9.33. The number of carbonyl (C=O) groups is 2. The van der Waals surface area contributed by atoms with E-state index in [1.54, 1.807) is 35.2 Å². The summed E-state index contributed by atoms with van der Waals surface area (Å²) in [6.45, 7) is 1.55. The van der Waals surface area contributed by atoms with Crippen molar-refractivity contribution in [2.24, 2.45) is 0 Å². The lowest BCUT2D eigenvalue weighted by molar-refractivity contribution is -0.117. The summed E-state index contributed by atoms with van der Waals surface area (Å²) >= 11 is 0. The molecule has 0 spiro atoms. The lowest BCUT2D eigenvalue weighted by Crippen LogP contribution is -2.39. The number of urea groups is 1. The Morgan fingerprint density at radius 3 is 2.55 bits per heavy atom. The number of carbonyl (C=O) groups excluding carboxylic acids is 2. The highest BCUT2D eigenvalue weighted by Gasteiger charge is 2.32. The summed E-state index contributed by atoms with van der Waals surface area (Å²) in [6, 6.07) is 9.89. The number of benzene rings is 2. The van der Waals surface area contributed by atoms with Gasteiger partial charge in [0.2, 0.25) is 12.7 Å². The van der Waals surface area contributed by atoms with Crippen molar-refractivity contribution in [3.63, 3.8) is 0 Å². The number of anilines is 2. The van der Waals surface area contributed by atoms with Crippen molar-refractivity contribution < 1.29 is 28.5 Å². The summed E-state index contributed by atoms with van der Waals surface area (Å²) in [7, 11) is 0. The third-order valence-electron chi connectivity index (χ3n) is 4.93. The van der Waals surface area contributed by atoms with Crippen molar-refractivity contribution in [2.75, 3.05) is 36.8 Å². The molecule has 0 aromatic heterocycles.